The third kappa shape index (κ3) is 2.48. The van der Waals surface area contributed by atoms with Gasteiger partial charge in [0.25, 0.3) is 0 Å². The molecule has 0 bridgehead atoms. The third-order valence-corrected chi connectivity index (χ3v) is 2.94. The van der Waals surface area contributed by atoms with Crippen molar-refractivity contribution in [1.29, 1.82) is 0 Å². The van der Waals surface area contributed by atoms with Crippen LogP contribution in [0.4, 0.5) is 0 Å². The zero-order chi connectivity index (χ0) is 4.99. The van der Waals surface area contributed by atoms with E-state index in [0.717, 1.165) is 6.04 Å². The highest BCUT2D eigenvalue weighted by molar-refractivity contribution is 7.09. The molecule has 0 aliphatic heterocycles. The van der Waals surface area contributed by atoms with Gasteiger partial charge in [-0.2, -0.15) is 11.1 Å². The largest absolute Gasteiger partial charge is 0.191 e. The molecule has 0 saturated heterocycles. The predicted molar refractivity (Wildman–Crippen MR) is 32.3 cm³/mol. The molecule has 0 amide bonds. The maximum atomic E-state index is 5.63. The summed E-state index contributed by atoms with van der Waals surface area (Å²) in [7, 11) is -0.632. The average Bonchev–Trinajstić information content (AvgIpc) is 1.65. The molecule has 0 heterocycles. The molecule has 0 spiro atoms. The average molecular weight is 120 g/mol. The van der Waals surface area contributed by atoms with Crippen molar-refractivity contribution in [3.63, 3.8) is 0 Å². The Labute approximate surface area is 45.1 Å². The molecular formula is C4H8ClSi. The van der Waals surface area contributed by atoms with E-state index in [1.807, 2.05) is 5.70 Å². The maximum Gasteiger partial charge on any atom is 0.191 e. The molecule has 0 unspecified atom stereocenters. The highest BCUT2D eigenvalue weighted by atomic mass is 35.6. The second kappa shape index (κ2) is 3.44. The second-order valence-corrected chi connectivity index (χ2v) is 4.47. The summed E-state index contributed by atoms with van der Waals surface area (Å²) in [5.41, 5.74) is 1.84. The Balaban J connectivity index is 2.96. The van der Waals surface area contributed by atoms with Crippen LogP contribution in [0.2, 0.25) is 6.04 Å². The predicted octanol–water partition coefficient (Wildman–Crippen LogP) is 1.96. The second-order valence-electron chi connectivity index (χ2n) is 1.00. The summed E-state index contributed by atoms with van der Waals surface area (Å²) in [6, 6.07) is 1.08. The van der Waals surface area contributed by atoms with Crippen molar-refractivity contribution in [2.24, 2.45) is 0 Å². The lowest BCUT2D eigenvalue weighted by molar-refractivity contribution is 1.46. The standard InChI is InChI=1S/C4H8ClSi/c1-3-6(5)4-2/h3H,1,4H2,2H3. The number of rotatable bonds is 2. The van der Waals surface area contributed by atoms with Gasteiger partial charge in [-0.25, -0.2) is 0 Å². The molecule has 35 valence electrons. The van der Waals surface area contributed by atoms with Gasteiger partial charge in [-0.05, 0) is 6.04 Å². The first-order chi connectivity index (χ1) is 2.81. The fraction of sp³-hybridized carbons (Fsp3) is 0.500. The monoisotopic (exact) mass is 119 g/mol. The summed E-state index contributed by atoms with van der Waals surface area (Å²) in [5.74, 6) is 0. The van der Waals surface area contributed by atoms with Crippen LogP contribution in [0.5, 0.6) is 0 Å². The Kier molecular flexibility index (Phi) is 3.58. The van der Waals surface area contributed by atoms with E-state index >= 15 is 0 Å². The van der Waals surface area contributed by atoms with Crippen LogP contribution in [0.15, 0.2) is 12.3 Å². The van der Waals surface area contributed by atoms with Gasteiger partial charge in [-0.1, -0.05) is 12.6 Å². The van der Waals surface area contributed by atoms with Gasteiger partial charge in [-0.3, -0.25) is 0 Å². The van der Waals surface area contributed by atoms with Crippen molar-refractivity contribution in [3.8, 4) is 0 Å². The lowest BCUT2D eigenvalue weighted by Crippen LogP contribution is -1.92. The molecule has 0 aromatic rings. The molecule has 0 nitrogen and oxygen atoms in total. The van der Waals surface area contributed by atoms with E-state index < -0.39 is 8.11 Å². The Bertz CT molecular complexity index is 44.8. The van der Waals surface area contributed by atoms with Crippen molar-refractivity contribution in [1.82, 2.24) is 0 Å². The van der Waals surface area contributed by atoms with Crippen LogP contribution in [0, 0.1) is 0 Å². The van der Waals surface area contributed by atoms with Crippen LogP contribution in [0.25, 0.3) is 0 Å². The number of hydrogen-bond acceptors (Lipinski definition) is 0. The van der Waals surface area contributed by atoms with Crippen molar-refractivity contribution in [3.05, 3.63) is 12.3 Å². The fourth-order valence-electron chi connectivity index (χ4n) is 0.144. The van der Waals surface area contributed by atoms with Gasteiger partial charge in [0.15, 0.2) is 8.11 Å². The van der Waals surface area contributed by atoms with Gasteiger partial charge in [0, 0.05) is 0 Å². The van der Waals surface area contributed by atoms with Crippen molar-refractivity contribution >= 4 is 19.2 Å². The molecule has 1 radical (unpaired) electrons. The molecule has 2 heteroatoms. The Morgan fingerprint density at radius 2 is 2.50 bits per heavy atom. The molecule has 6 heavy (non-hydrogen) atoms. The van der Waals surface area contributed by atoms with E-state index in [9.17, 15) is 0 Å². The summed E-state index contributed by atoms with van der Waals surface area (Å²) in [5, 5.41) is 0. The first-order valence-electron chi connectivity index (χ1n) is 1.95. The minimum absolute atomic E-state index is 0.632. The summed E-state index contributed by atoms with van der Waals surface area (Å²) in [6.07, 6.45) is 0. The molecule has 0 fully saturated rings. The number of halogens is 1. The number of hydrogen-bond donors (Lipinski definition) is 0. The molecule has 0 aliphatic carbocycles. The smallest absolute Gasteiger partial charge is 0.163 e. The lowest BCUT2D eigenvalue weighted by atomic mass is 11.0. The minimum atomic E-state index is -0.632. The normalized spacial score (nSPS) is 9.17. The van der Waals surface area contributed by atoms with Crippen LogP contribution >= 0.6 is 11.1 Å². The highest BCUT2D eigenvalue weighted by Gasteiger charge is 1.92. The van der Waals surface area contributed by atoms with Crippen LogP contribution < -0.4 is 0 Å². The van der Waals surface area contributed by atoms with Crippen LogP contribution in [0.1, 0.15) is 6.92 Å². The van der Waals surface area contributed by atoms with E-state index in [0.29, 0.717) is 0 Å². The van der Waals surface area contributed by atoms with E-state index in [4.69, 9.17) is 11.1 Å². The summed E-state index contributed by atoms with van der Waals surface area (Å²) < 4.78 is 0. The van der Waals surface area contributed by atoms with Crippen molar-refractivity contribution in [2.75, 3.05) is 0 Å². The Morgan fingerprint density at radius 1 is 2.00 bits per heavy atom. The zero-order valence-electron chi connectivity index (χ0n) is 3.87. The summed E-state index contributed by atoms with van der Waals surface area (Å²) in [6.45, 7) is 5.62. The van der Waals surface area contributed by atoms with E-state index in [-0.39, 0.29) is 0 Å². The maximum absolute atomic E-state index is 5.63. The Hall–Kier alpha value is 0.247. The van der Waals surface area contributed by atoms with Crippen LogP contribution in [0.3, 0.4) is 0 Å². The first-order valence-corrected chi connectivity index (χ1v) is 4.74. The van der Waals surface area contributed by atoms with Crippen LogP contribution in [-0.4, -0.2) is 8.11 Å². The molecule has 0 aromatic heterocycles. The molecule has 0 aliphatic rings. The highest BCUT2D eigenvalue weighted by Crippen LogP contribution is 1.94. The summed E-state index contributed by atoms with van der Waals surface area (Å²) in [4.78, 5) is 0. The van der Waals surface area contributed by atoms with Gasteiger partial charge < -0.3 is 0 Å². The minimum Gasteiger partial charge on any atom is -0.163 e. The molecule has 0 aromatic carbocycles. The van der Waals surface area contributed by atoms with Gasteiger partial charge in [0.05, 0.1) is 0 Å². The Morgan fingerprint density at radius 3 is 2.50 bits per heavy atom. The van der Waals surface area contributed by atoms with Crippen molar-refractivity contribution in [2.45, 2.75) is 13.0 Å². The molecular weight excluding hydrogens is 112 g/mol. The third-order valence-electron chi connectivity index (χ3n) is 0.559. The van der Waals surface area contributed by atoms with Gasteiger partial charge >= 0.3 is 0 Å². The fourth-order valence-corrected chi connectivity index (χ4v) is 0.433. The van der Waals surface area contributed by atoms with Crippen LogP contribution in [-0.2, 0) is 0 Å². The summed E-state index contributed by atoms with van der Waals surface area (Å²) >= 11 is 5.63. The topological polar surface area (TPSA) is 0 Å². The zero-order valence-corrected chi connectivity index (χ0v) is 5.63. The van der Waals surface area contributed by atoms with E-state index in [1.54, 1.807) is 0 Å². The molecule has 0 atom stereocenters. The SMILES string of the molecule is C=C[Si](Cl)CC. The molecule has 0 N–H and O–H groups in total. The lowest BCUT2D eigenvalue weighted by Gasteiger charge is -1.86. The van der Waals surface area contributed by atoms with Gasteiger partial charge in [0.2, 0.25) is 0 Å². The van der Waals surface area contributed by atoms with Gasteiger partial charge in [0.1, 0.15) is 0 Å². The van der Waals surface area contributed by atoms with Crippen molar-refractivity contribution < 1.29 is 0 Å². The first kappa shape index (κ1) is 6.25. The quantitative estimate of drug-likeness (QED) is 0.385. The molecule has 0 rings (SSSR count). The van der Waals surface area contributed by atoms with E-state index in [2.05, 4.69) is 13.5 Å². The molecule has 0 saturated carbocycles. The van der Waals surface area contributed by atoms with Gasteiger partial charge in [-0.15, -0.1) is 6.58 Å². The van der Waals surface area contributed by atoms with E-state index in [1.165, 1.54) is 0 Å².